The Morgan fingerprint density at radius 1 is 1.06 bits per heavy atom. The number of alkyl carbamates (subject to hydrolysis) is 1. The maximum atomic E-state index is 13.5. The zero-order valence-corrected chi connectivity index (χ0v) is 20.2. The summed E-state index contributed by atoms with van der Waals surface area (Å²) in [7, 11) is 0. The highest BCUT2D eigenvalue weighted by Gasteiger charge is 2.51. The molecule has 2 N–H and O–H groups in total. The van der Waals surface area contributed by atoms with Crippen molar-refractivity contribution in [1.82, 2.24) is 10.2 Å². The van der Waals surface area contributed by atoms with E-state index in [9.17, 15) is 19.5 Å². The lowest BCUT2D eigenvalue weighted by atomic mass is 9.82. The third-order valence-corrected chi connectivity index (χ3v) is 8.30. The molecule has 3 aliphatic rings. The number of aliphatic carboxylic acids is 1. The predicted octanol–water partition coefficient (Wildman–Crippen LogP) is 4.41. The number of carboxylic acids is 1. The van der Waals surface area contributed by atoms with Crippen LogP contribution < -0.4 is 5.32 Å². The molecular weight excluding hydrogens is 444 g/mol. The lowest BCUT2D eigenvalue weighted by Crippen LogP contribution is -2.55. The fourth-order valence-electron chi connectivity index (χ4n) is 6.32. The second-order valence-corrected chi connectivity index (χ2v) is 10.4. The van der Waals surface area contributed by atoms with Gasteiger partial charge in [-0.25, -0.2) is 9.59 Å². The zero-order chi connectivity index (χ0) is 24.7. The van der Waals surface area contributed by atoms with Crippen LogP contribution in [0, 0.1) is 11.3 Å². The van der Waals surface area contributed by atoms with Crippen LogP contribution in [0.5, 0.6) is 0 Å². The van der Waals surface area contributed by atoms with Crippen LogP contribution in [0.3, 0.4) is 0 Å². The number of benzene rings is 2. The van der Waals surface area contributed by atoms with Crippen LogP contribution in [-0.2, 0) is 14.3 Å². The van der Waals surface area contributed by atoms with Crippen molar-refractivity contribution in [3.05, 3.63) is 59.7 Å². The third kappa shape index (κ3) is 3.97. The van der Waals surface area contributed by atoms with Gasteiger partial charge in [-0.2, -0.15) is 0 Å². The minimum atomic E-state index is -0.967. The fourth-order valence-corrected chi connectivity index (χ4v) is 6.32. The molecule has 0 bridgehead atoms. The van der Waals surface area contributed by atoms with E-state index < -0.39 is 29.6 Å². The molecule has 0 spiro atoms. The van der Waals surface area contributed by atoms with Gasteiger partial charge in [0, 0.05) is 18.5 Å². The monoisotopic (exact) mass is 476 g/mol. The Balaban J connectivity index is 1.26. The zero-order valence-electron chi connectivity index (χ0n) is 20.2. The van der Waals surface area contributed by atoms with Gasteiger partial charge >= 0.3 is 12.1 Å². The summed E-state index contributed by atoms with van der Waals surface area (Å²) in [6.07, 6.45) is 2.19. The standard InChI is InChI=1S/C28H32N2O5/c1-17-13-15-30(24(17)25(31)32)26(33)28(2)14-7-12-23(28)29-27(34)35-16-22-20-10-5-3-8-18(20)19-9-4-6-11-21(19)22/h3-6,8-11,17,22-24H,7,12-16H2,1-2H3,(H,29,34)(H,31,32). The second-order valence-electron chi connectivity index (χ2n) is 10.4. The van der Waals surface area contributed by atoms with Gasteiger partial charge in [-0.1, -0.05) is 61.9 Å². The molecule has 1 aliphatic heterocycles. The Labute approximate surface area is 205 Å². The number of hydrogen-bond donors (Lipinski definition) is 2. The van der Waals surface area contributed by atoms with E-state index in [1.54, 1.807) is 0 Å². The van der Waals surface area contributed by atoms with Gasteiger partial charge in [0.25, 0.3) is 0 Å². The van der Waals surface area contributed by atoms with E-state index in [4.69, 9.17) is 4.74 Å². The number of amides is 2. The van der Waals surface area contributed by atoms with Gasteiger partial charge in [-0.15, -0.1) is 0 Å². The first-order chi connectivity index (χ1) is 16.8. The van der Waals surface area contributed by atoms with Crippen molar-refractivity contribution in [2.75, 3.05) is 13.2 Å². The summed E-state index contributed by atoms with van der Waals surface area (Å²) < 4.78 is 5.71. The number of carboxylic acid groups (broad SMARTS) is 1. The highest BCUT2D eigenvalue weighted by Crippen LogP contribution is 2.45. The number of carbonyl (C=O) groups is 3. The molecule has 184 valence electrons. The van der Waals surface area contributed by atoms with Crippen molar-refractivity contribution in [1.29, 1.82) is 0 Å². The van der Waals surface area contributed by atoms with Crippen LogP contribution in [0.2, 0.25) is 0 Å². The maximum Gasteiger partial charge on any atom is 0.407 e. The first-order valence-corrected chi connectivity index (χ1v) is 12.5. The van der Waals surface area contributed by atoms with Gasteiger partial charge in [0.1, 0.15) is 12.6 Å². The molecule has 4 unspecified atom stereocenters. The van der Waals surface area contributed by atoms with Crippen molar-refractivity contribution in [3.63, 3.8) is 0 Å². The molecule has 1 saturated heterocycles. The fraction of sp³-hybridized carbons (Fsp3) is 0.464. The van der Waals surface area contributed by atoms with E-state index >= 15 is 0 Å². The normalized spacial score (nSPS) is 27.4. The summed E-state index contributed by atoms with van der Waals surface area (Å²) in [6.45, 7) is 4.36. The van der Waals surface area contributed by atoms with Crippen molar-refractivity contribution in [3.8, 4) is 11.1 Å². The molecule has 0 aromatic heterocycles. The molecule has 7 heteroatoms. The molecule has 35 heavy (non-hydrogen) atoms. The average Bonchev–Trinajstić information content (AvgIpc) is 3.51. The molecule has 4 atom stereocenters. The molecule has 2 aliphatic carbocycles. The van der Waals surface area contributed by atoms with E-state index in [0.717, 1.165) is 17.5 Å². The largest absolute Gasteiger partial charge is 0.480 e. The van der Waals surface area contributed by atoms with Crippen LogP contribution >= 0.6 is 0 Å². The van der Waals surface area contributed by atoms with Crippen molar-refractivity contribution >= 4 is 18.0 Å². The van der Waals surface area contributed by atoms with E-state index in [2.05, 4.69) is 29.6 Å². The number of rotatable bonds is 5. The summed E-state index contributed by atoms with van der Waals surface area (Å²) in [4.78, 5) is 39.7. The number of ether oxygens (including phenoxy) is 1. The molecule has 0 radical (unpaired) electrons. The summed E-state index contributed by atoms with van der Waals surface area (Å²) >= 11 is 0. The van der Waals surface area contributed by atoms with Gasteiger partial charge in [-0.05, 0) is 54.4 Å². The Kier molecular flexibility index (Phi) is 6.03. The Hall–Kier alpha value is -3.35. The molecular formula is C28H32N2O5. The Morgan fingerprint density at radius 3 is 2.31 bits per heavy atom. The number of hydrogen-bond acceptors (Lipinski definition) is 4. The first-order valence-electron chi connectivity index (χ1n) is 12.5. The number of fused-ring (bicyclic) bond motifs is 3. The summed E-state index contributed by atoms with van der Waals surface area (Å²) in [5, 5.41) is 12.6. The van der Waals surface area contributed by atoms with Gasteiger partial charge in [-0.3, -0.25) is 4.79 Å². The van der Waals surface area contributed by atoms with Gasteiger partial charge < -0.3 is 20.1 Å². The predicted molar refractivity (Wildman–Crippen MR) is 131 cm³/mol. The Bertz CT molecular complexity index is 1120. The molecule has 7 nitrogen and oxygen atoms in total. The molecule has 1 saturated carbocycles. The molecule has 2 aromatic carbocycles. The molecule has 1 heterocycles. The SMILES string of the molecule is CC1CCN(C(=O)C2(C)CCCC2NC(=O)OCC2c3ccccc3-c3ccccc32)C1C(=O)O. The van der Waals surface area contributed by atoms with Crippen molar-refractivity contribution < 1.29 is 24.2 Å². The van der Waals surface area contributed by atoms with Crippen LogP contribution in [0.1, 0.15) is 56.6 Å². The van der Waals surface area contributed by atoms with Gasteiger partial charge in [0.15, 0.2) is 0 Å². The van der Waals surface area contributed by atoms with E-state index in [1.165, 1.54) is 16.0 Å². The van der Waals surface area contributed by atoms with E-state index in [1.807, 2.05) is 38.1 Å². The van der Waals surface area contributed by atoms with Crippen LogP contribution in [0.15, 0.2) is 48.5 Å². The molecule has 5 rings (SSSR count). The minimum absolute atomic E-state index is 0.0350. The smallest absolute Gasteiger partial charge is 0.407 e. The highest BCUT2D eigenvalue weighted by molar-refractivity contribution is 5.89. The third-order valence-electron chi connectivity index (χ3n) is 8.30. The highest BCUT2D eigenvalue weighted by atomic mass is 16.5. The molecule has 2 fully saturated rings. The van der Waals surface area contributed by atoms with Gasteiger partial charge in [0.2, 0.25) is 5.91 Å². The van der Waals surface area contributed by atoms with Crippen LogP contribution in [0.4, 0.5) is 4.79 Å². The number of nitrogens with one attached hydrogen (secondary N) is 1. The van der Waals surface area contributed by atoms with E-state index in [-0.39, 0.29) is 24.3 Å². The van der Waals surface area contributed by atoms with Gasteiger partial charge in [0.05, 0.1) is 5.41 Å². The number of likely N-dealkylation sites (tertiary alicyclic amines) is 1. The van der Waals surface area contributed by atoms with Crippen molar-refractivity contribution in [2.24, 2.45) is 11.3 Å². The molecule has 2 aromatic rings. The van der Waals surface area contributed by atoms with Crippen LogP contribution in [0.25, 0.3) is 11.1 Å². The second kappa shape index (κ2) is 9.02. The quantitative estimate of drug-likeness (QED) is 0.667. The minimum Gasteiger partial charge on any atom is -0.480 e. The average molecular weight is 477 g/mol. The maximum absolute atomic E-state index is 13.5. The van der Waals surface area contributed by atoms with E-state index in [0.29, 0.717) is 25.8 Å². The van der Waals surface area contributed by atoms with Crippen molar-refractivity contribution in [2.45, 2.75) is 57.5 Å². The lowest BCUT2D eigenvalue weighted by Gasteiger charge is -2.36. The summed E-state index contributed by atoms with van der Waals surface area (Å²) in [5.41, 5.74) is 3.77. The molecule has 2 amide bonds. The number of nitrogens with zero attached hydrogens (tertiary/aromatic N) is 1. The number of carbonyl (C=O) groups excluding carboxylic acids is 2. The lowest BCUT2D eigenvalue weighted by molar-refractivity contribution is -0.154. The Morgan fingerprint density at radius 2 is 1.69 bits per heavy atom. The summed E-state index contributed by atoms with van der Waals surface area (Å²) in [6, 6.07) is 15.1. The van der Waals surface area contributed by atoms with Crippen LogP contribution in [-0.4, -0.2) is 53.2 Å². The topological polar surface area (TPSA) is 95.9 Å². The first kappa shape index (κ1) is 23.4. The summed E-state index contributed by atoms with van der Waals surface area (Å²) in [5.74, 6) is -1.27.